The minimum absolute atomic E-state index is 0.254. The molecule has 7 heteroatoms. The van der Waals surface area contributed by atoms with Crippen LogP contribution in [0.3, 0.4) is 0 Å². The lowest BCUT2D eigenvalue weighted by molar-refractivity contribution is 0.0590. The fraction of sp³-hybridized carbons (Fsp3) is 0.0833. The van der Waals surface area contributed by atoms with Gasteiger partial charge in [0.15, 0.2) is 0 Å². The first-order valence-corrected chi connectivity index (χ1v) is 6.62. The Kier molecular flexibility index (Phi) is 4.20. The molecule has 0 amide bonds. The van der Waals surface area contributed by atoms with E-state index >= 15 is 0 Å². The van der Waals surface area contributed by atoms with Crippen molar-refractivity contribution in [1.29, 1.82) is 0 Å². The SMILES string of the molecule is COC(=O)c1nn(-c2ccc(Cl)cc2I)ccc1=O. The Hall–Kier alpha value is -1.41. The lowest BCUT2D eigenvalue weighted by atomic mass is 10.3. The van der Waals surface area contributed by atoms with Crippen molar-refractivity contribution in [3.05, 3.63) is 55.0 Å². The highest BCUT2D eigenvalue weighted by atomic mass is 127. The molecule has 0 N–H and O–H groups in total. The summed E-state index contributed by atoms with van der Waals surface area (Å²) in [6.07, 6.45) is 1.49. The maximum atomic E-state index is 11.5. The number of carbonyl (C=O) groups is 1. The summed E-state index contributed by atoms with van der Waals surface area (Å²) < 4.78 is 6.80. The molecule has 2 rings (SSSR count). The van der Waals surface area contributed by atoms with Crippen molar-refractivity contribution in [2.24, 2.45) is 0 Å². The molecule has 0 bridgehead atoms. The molecule has 0 fully saturated rings. The molecule has 1 aromatic heterocycles. The van der Waals surface area contributed by atoms with Crippen LogP contribution in [0.15, 0.2) is 35.3 Å². The number of carbonyl (C=O) groups excluding carboxylic acids is 1. The Balaban J connectivity index is 2.57. The molecule has 98 valence electrons. The molecule has 0 radical (unpaired) electrons. The van der Waals surface area contributed by atoms with Crippen LogP contribution in [-0.2, 0) is 4.74 Å². The van der Waals surface area contributed by atoms with E-state index in [1.807, 2.05) is 0 Å². The lowest BCUT2D eigenvalue weighted by Gasteiger charge is -2.08. The molecule has 19 heavy (non-hydrogen) atoms. The van der Waals surface area contributed by atoms with Crippen molar-refractivity contribution in [2.75, 3.05) is 7.11 Å². The molecule has 0 aliphatic rings. The summed E-state index contributed by atoms with van der Waals surface area (Å²) in [4.78, 5) is 23.0. The largest absolute Gasteiger partial charge is 0.464 e. The molecule has 1 aromatic carbocycles. The van der Waals surface area contributed by atoms with Gasteiger partial charge < -0.3 is 4.74 Å². The van der Waals surface area contributed by atoms with Crippen LogP contribution in [0.5, 0.6) is 0 Å². The van der Waals surface area contributed by atoms with E-state index in [9.17, 15) is 9.59 Å². The minimum Gasteiger partial charge on any atom is -0.464 e. The number of hydrogen-bond acceptors (Lipinski definition) is 4. The van der Waals surface area contributed by atoms with Crippen molar-refractivity contribution >= 4 is 40.2 Å². The van der Waals surface area contributed by atoms with Gasteiger partial charge in [0.2, 0.25) is 11.1 Å². The number of nitrogens with zero attached hydrogens (tertiary/aromatic N) is 2. The zero-order valence-electron chi connectivity index (χ0n) is 9.76. The molecular formula is C12H8ClIN2O3. The van der Waals surface area contributed by atoms with Crippen molar-refractivity contribution in [3.63, 3.8) is 0 Å². The summed E-state index contributed by atoms with van der Waals surface area (Å²) in [7, 11) is 1.20. The van der Waals surface area contributed by atoms with Crippen LogP contribution < -0.4 is 5.43 Å². The summed E-state index contributed by atoms with van der Waals surface area (Å²) in [6.45, 7) is 0. The number of ether oxygens (including phenoxy) is 1. The second-order valence-corrected chi connectivity index (χ2v) is 5.16. The minimum atomic E-state index is -0.761. The maximum absolute atomic E-state index is 11.5. The monoisotopic (exact) mass is 390 g/mol. The maximum Gasteiger partial charge on any atom is 0.362 e. The number of aromatic nitrogens is 2. The van der Waals surface area contributed by atoms with Gasteiger partial charge in [0.1, 0.15) is 0 Å². The molecule has 0 saturated carbocycles. The van der Waals surface area contributed by atoms with Gasteiger partial charge in [-0.3, -0.25) is 4.79 Å². The topological polar surface area (TPSA) is 61.2 Å². The lowest BCUT2D eigenvalue weighted by Crippen LogP contribution is -2.21. The number of methoxy groups -OCH3 is 1. The summed E-state index contributed by atoms with van der Waals surface area (Å²) in [5.74, 6) is -0.761. The molecular weight excluding hydrogens is 383 g/mol. The van der Waals surface area contributed by atoms with Crippen LogP contribution in [0.1, 0.15) is 10.5 Å². The van der Waals surface area contributed by atoms with Gasteiger partial charge in [-0.1, -0.05) is 11.6 Å². The first kappa shape index (κ1) is 14.0. The third-order valence-electron chi connectivity index (χ3n) is 2.34. The summed E-state index contributed by atoms with van der Waals surface area (Å²) in [5, 5.41) is 4.58. The normalized spacial score (nSPS) is 10.3. The van der Waals surface area contributed by atoms with Gasteiger partial charge in [-0.25, -0.2) is 9.48 Å². The van der Waals surface area contributed by atoms with Gasteiger partial charge in [-0.05, 0) is 40.8 Å². The van der Waals surface area contributed by atoms with Crippen molar-refractivity contribution in [3.8, 4) is 5.69 Å². The van der Waals surface area contributed by atoms with Crippen LogP contribution in [0.2, 0.25) is 5.02 Å². The predicted molar refractivity (Wildman–Crippen MR) is 78.9 cm³/mol. The highest BCUT2D eigenvalue weighted by Crippen LogP contribution is 2.20. The molecule has 0 aliphatic carbocycles. The molecule has 2 aromatic rings. The van der Waals surface area contributed by atoms with E-state index in [1.165, 1.54) is 24.1 Å². The second kappa shape index (κ2) is 5.70. The fourth-order valence-corrected chi connectivity index (χ4v) is 2.57. The molecule has 5 nitrogen and oxygen atoms in total. The first-order chi connectivity index (χ1) is 9.02. The fourth-order valence-electron chi connectivity index (χ4n) is 1.45. The van der Waals surface area contributed by atoms with Crippen LogP contribution in [0.4, 0.5) is 0 Å². The number of halogens is 2. The Bertz CT molecular complexity index is 700. The van der Waals surface area contributed by atoms with Gasteiger partial charge in [0.05, 0.1) is 12.8 Å². The van der Waals surface area contributed by atoms with E-state index in [1.54, 1.807) is 18.2 Å². The van der Waals surface area contributed by atoms with Crippen molar-refractivity contribution in [1.82, 2.24) is 9.78 Å². The third-order valence-corrected chi connectivity index (χ3v) is 3.44. The van der Waals surface area contributed by atoms with E-state index in [4.69, 9.17) is 11.6 Å². The van der Waals surface area contributed by atoms with Gasteiger partial charge in [0, 0.05) is 20.9 Å². The van der Waals surface area contributed by atoms with E-state index < -0.39 is 11.4 Å². The van der Waals surface area contributed by atoms with Crippen molar-refractivity contribution < 1.29 is 9.53 Å². The summed E-state index contributed by atoms with van der Waals surface area (Å²) in [5.41, 5.74) is -0.0158. The molecule has 1 heterocycles. The molecule has 0 spiro atoms. The van der Waals surface area contributed by atoms with Crippen LogP contribution in [0, 0.1) is 3.57 Å². The zero-order chi connectivity index (χ0) is 14.0. The molecule has 0 saturated heterocycles. The van der Waals surface area contributed by atoms with Crippen LogP contribution >= 0.6 is 34.2 Å². The van der Waals surface area contributed by atoms with Crippen LogP contribution in [0.25, 0.3) is 5.69 Å². The zero-order valence-corrected chi connectivity index (χ0v) is 12.7. The average molecular weight is 391 g/mol. The Morgan fingerprint density at radius 2 is 2.16 bits per heavy atom. The van der Waals surface area contributed by atoms with Gasteiger partial charge >= 0.3 is 5.97 Å². The quantitative estimate of drug-likeness (QED) is 0.583. The van der Waals surface area contributed by atoms with E-state index in [0.717, 1.165) is 9.26 Å². The van der Waals surface area contributed by atoms with E-state index in [0.29, 0.717) is 5.02 Å². The number of esters is 1. The standard InChI is InChI=1S/C12H8ClIN2O3/c1-19-12(18)11-10(17)4-5-16(15-11)9-3-2-7(13)6-8(9)14/h2-6H,1H3. The smallest absolute Gasteiger partial charge is 0.362 e. The molecule has 0 aliphatic heterocycles. The first-order valence-electron chi connectivity index (χ1n) is 5.16. The number of rotatable bonds is 2. The Labute approximate surface area is 127 Å². The highest BCUT2D eigenvalue weighted by molar-refractivity contribution is 14.1. The van der Waals surface area contributed by atoms with Crippen molar-refractivity contribution in [2.45, 2.75) is 0 Å². The Morgan fingerprint density at radius 3 is 2.79 bits per heavy atom. The van der Waals surface area contributed by atoms with Gasteiger partial charge in [-0.2, -0.15) is 5.10 Å². The van der Waals surface area contributed by atoms with Gasteiger partial charge in [-0.15, -0.1) is 0 Å². The predicted octanol–water partition coefficient (Wildman–Crippen LogP) is 2.28. The van der Waals surface area contributed by atoms with E-state index in [-0.39, 0.29) is 5.69 Å². The van der Waals surface area contributed by atoms with E-state index in [2.05, 4.69) is 32.4 Å². The highest BCUT2D eigenvalue weighted by Gasteiger charge is 2.14. The summed E-state index contributed by atoms with van der Waals surface area (Å²) in [6, 6.07) is 6.48. The number of hydrogen-bond donors (Lipinski definition) is 0. The third kappa shape index (κ3) is 2.95. The van der Waals surface area contributed by atoms with Gasteiger partial charge in [0.25, 0.3) is 0 Å². The summed E-state index contributed by atoms with van der Waals surface area (Å²) >= 11 is 7.97. The molecule has 0 atom stereocenters. The molecule has 0 unspecified atom stereocenters. The average Bonchev–Trinajstić information content (AvgIpc) is 2.39. The second-order valence-electron chi connectivity index (χ2n) is 3.56. The number of benzene rings is 1. The van der Waals surface area contributed by atoms with Crippen LogP contribution in [-0.4, -0.2) is 22.9 Å². The Morgan fingerprint density at radius 1 is 1.42 bits per heavy atom.